The highest BCUT2D eigenvalue weighted by atomic mass is 16.5. The lowest BCUT2D eigenvalue weighted by molar-refractivity contribution is -0.125. The van der Waals surface area contributed by atoms with Crippen LogP contribution in [-0.4, -0.2) is 54.2 Å². The number of hydrogen-bond acceptors (Lipinski definition) is 6. The largest absolute Gasteiger partial charge is 0.454 e. The van der Waals surface area contributed by atoms with Gasteiger partial charge < -0.3 is 15.4 Å². The molecular weight excluding hydrogens is 426 g/mol. The predicted octanol–water partition coefficient (Wildman–Crippen LogP) is 1.85. The fraction of sp³-hybridized carbons (Fsp3) is 0.292. The van der Waals surface area contributed by atoms with E-state index in [1.54, 1.807) is 24.3 Å². The first kappa shape index (κ1) is 23.6. The van der Waals surface area contributed by atoms with Crippen molar-refractivity contribution in [2.24, 2.45) is 0 Å². The van der Waals surface area contributed by atoms with Gasteiger partial charge in [-0.2, -0.15) is 0 Å². The summed E-state index contributed by atoms with van der Waals surface area (Å²) in [6.07, 6.45) is 1.57. The molecule has 1 heterocycles. The highest BCUT2D eigenvalue weighted by Gasteiger charge is 2.28. The standard InChI is InChI=1S/C24H25N3O6/c1-16(28)25-12-2-3-17-4-8-19(9-5-17)21(29)15-33-23(31)20-10-6-18(7-11-20)14-27-22(30)13-26-24(27)32/h4-11H,2-3,12-15H2,1H3,(H,25,28)(H,26,32). The number of rotatable bonds is 10. The average molecular weight is 451 g/mol. The number of aryl methyl sites for hydroxylation is 1. The van der Waals surface area contributed by atoms with Crippen LogP contribution in [0.2, 0.25) is 0 Å². The zero-order valence-corrected chi connectivity index (χ0v) is 18.3. The Balaban J connectivity index is 1.46. The highest BCUT2D eigenvalue weighted by molar-refractivity contribution is 6.02. The van der Waals surface area contributed by atoms with Gasteiger partial charge in [0.05, 0.1) is 18.7 Å². The Kier molecular flexibility index (Phi) is 7.91. The van der Waals surface area contributed by atoms with Crippen molar-refractivity contribution in [1.82, 2.24) is 15.5 Å². The number of carbonyl (C=O) groups is 5. The van der Waals surface area contributed by atoms with Crippen molar-refractivity contribution in [3.05, 3.63) is 70.8 Å². The molecular formula is C24H25N3O6. The number of amides is 4. The van der Waals surface area contributed by atoms with E-state index in [1.807, 2.05) is 12.1 Å². The van der Waals surface area contributed by atoms with E-state index < -0.39 is 12.0 Å². The van der Waals surface area contributed by atoms with Gasteiger partial charge in [0.1, 0.15) is 0 Å². The van der Waals surface area contributed by atoms with Gasteiger partial charge in [0.15, 0.2) is 12.4 Å². The number of imide groups is 1. The van der Waals surface area contributed by atoms with E-state index in [2.05, 4.69) is 10.6 Å². The quantitative estimate of drug-likeness (QED) is 0.246. The number of ketones is 1. The SMILES string of the molecule is CC(=O)NCCCc1ccc(C(=O)COC(=O)c2ccc(CN3C(=O)CNC3=O)cc2)cc1. The Morgan fingerprint density at radius 3 is 2.21 bits per heavy atom. The van der Waals surface area contributed by atoms with Crippen molar-refractivity contribution in [2.45, 2.75) is 26.3 Å². The van der Waals surface area contributed by atoms with Gasteiger partial charge in [-0.3, -0.25) is 19.3 Å². The van der Waals surface area contributed by atoms with Crippen LogP contribution in [0.4, 0.5) is 4.79 Å². The van der Waals surface area contributed by atoms with Gasteiger partial charge >= 0.3 is 12.0 Å². The minimum absolute atomic E-state index is 0.0153. The summed E-state index contributed by atoms with van der Waals surface area (Å²) in [5, 5.41) is 5.18. The van der Waals surface area contributed by atoms with Crippen LogP contribution in [0.3, 0.4) is 0 Å². The molecule has 1 saturated heterocycles. The van der Waals surface area contributed by atoms with Crippen LogP contribution in [0.15, 0.2) is 48.5 Å². The third kappa shape index (κ3) is 6.73. The fourth-order valence-corrected chi connectivity index (χ4v) is 3.26. The molecule has 0 spiro atoms. The minimum atomic E-state index is -0.639. The van der Waals surface area contributed by atoms with E-state index in [0.29, 0.717) is 17.7 Å². The summed E-state index contributed by atoms with van der Waals surface area (Å²) in [7, 11) is 0. The van der Waals surface area contributed by atoms with E-state index in [4.69, 9.17) is 4.74 Å². The number of Topliss-reactive ketones (excluding diaryl/α,β-unsaturated/α-hetero) is 1. The van der Waals surface area contributed by atoms with Gasteiger partial charge in [-0.25, -0.2) is 9.59 Å². The summed E-state index contributed by atoms with van der Waals surface area (Å²) in [5.74, 6) is -1.32. The number of nitrogens with zero attached hydrogens (tertiary/aromatic N) is 1. The smallest absolute Gasteiger partial charge is 0.338 e. The molecule has 172 valence electrons. The Bertz CT molecular complexity index is 1030. The number of hydrogen-bond donors (Lipinski definition) is 2. The molecule has 1 aliphatic heterocycles. The fourth-order valence-electron chi connectivity index (χ4n) is 3.26. The lowest BCUT2D eigenvalue weighted by atomic mass is 10.1. The lowest BCUT2D eigenvalue weighted by Crippen LogP contribution is -2.30. The first-order valence-electron chi connectivity index (χ1n) is 10.5. The third-order valence-electron chi connectivity index (χ3n) is 5.09. The molecule has 4 amide bonds. The molecule has 0 unspecified atom stereocenters. The van der Waals surface area contributed by atoms with Gasteiger partial charge in [0, 0.05) is 19.0 Å². The summed E-state index contributed by atoms with van der Waals surface area (Å²) in [6, 6.07) is 12.9. The van der Waals surface area contributed by atoms with Crippen molar-refractivity contribution in [3.63, 3.8) is 0 Å². The highest BCUT2D eigenvalue weighted by Crippen LogP contribution is 2.12. The molecule has 0 bridgehead atoms. The first-order valence-corrected chi connectivity index (χ1v) is 10.5. The Hall–Kier alpha value is -4.01. The number of nitrogens with one attached hydrogen (secondary N) is 2. The van der Waals surface area contributed by atoms with Crippen molar-refractivity contribution in [2.75, 3.05) is 19.7 Å². The molecule has 0 atom stereocenters. The predicted molar refractivity (Wildman–Crippen MR) is 118 cm³/mol. The summed E-state index contributed by atoms with van der Waals surface area (Å²) in [4.78, 5) is 59.8. The molecule has 0 radical (unpaired) electrons. The third-order valence-corrected chi connectivity index (χ3v) is 5.09. The molecule has 33 heavy (non-hydrogen) atoms. The van der Waals surface area contributed by atoms with Gasteiger partial charge in [-0.1, -0.05) is 36.4 Å². The van der Waals surface area contributed by atoms with Crippen molar-refractivity contribution >= 4 is 29.6 Å². The number of ether oxygens (including phenoxy) is 1. The normalized spacial score (nSPS) is 12.9. The zero-order valence-electron chi connectivity index (χ0n) is 18.3. The molecule has 1 fully saturated rings. The molecule has 9 heteroatoms. The van der Waals surface area contributed by atoms with Crippen molar-refractivity contribution < 1.29 is 28.7 Å². The maximum atomic E-state index is 12.3. The summed E-state index contributed by atoms with van der Waals surface area (Å²) in [5.41, 5.74) is 2.43. The Morgan fingerprint density at radius 2 is 1.61 bits per heavy atom. The molecule has 9 nitrogen and oxygen atoms in total. The van der Waals surface area contributed by atoms with E-state index in [-0.39, 0.29) is 42.9 Å². The molecule has 0 aliphatic carbocycles. The van der Waals surface area contributed by atoms with E-state index >= 15 is 0 Å². The number of carbonyl (C=O) groups excluding carboxylic acids is 5. The molecule has 3 rings (SSSR count). The summed E-state index contributed by atoms with van der Waals surface area (Å²) >= 11 is 0. The van der Waals surface area contributed by atoms with Crippen LogP contribution >= 0.6 is 0 Å². The number of esters is 1. The van der Waals surface area contributed by atoms with Gasteiger partial charge in [-0.05, 0) is 36.1 Å². The maximum Gasteiger partial charge on any atom is 0.338 e. The second-order valence-electron chi connectivity index (χ2n) is 7.62. The monoisotopic (exact) mass is 451 g/mol. The van der Waals surface area contributed by atoms with E-state index in [9.17, 15) is 24.0 Å². The van der Waals surface area contributed by atoms with Crippen LogP contribution in [0.5, 0.6) is 0 Å². The molecule has 2 N–H and O–H groups in total. The summed E-state index contributed by atoms with van der Waals surface area (Å²) in [6.45, 7) is 1.78. The average Bonchev–Trinajstić information content (AvgIpc) is 3.13. The molecule has 0 saturated carbocycles. The van der Waals surface area contributed by atoms with Crippen molar-refractivity contribution in [3.8, 4) is 0 Å². The minimum Gasteiger partial charge on any atom is -0.454 e. The van der Waals surface area contributed by atoms with Gasteiger partial charge in [-0.15, -0.1) is 0 Å². The topological polar surface area (TPSA) is 122 Å². The van der Waals surface area contributed by atoms with Crippen molar-refractivity contribution in [1.29, 1.82) is 0 Å². The zero-order chi connectivity index (χ0) is 23.8. The first-order chi connectivity index (χ1) is 15.8. The van der Waals surface area contributed by atoms with Gasteiger partial charge in [0.25, 0.3) is 0 Å². The van der Waals surface area contributed by atoms with Crippen LogP contribution in [0.25, 0.3) is 0 Å². The molecule has 0 aromatic heterocycles. The summed E-state index contributed by atoms with van der Waals surface area (Å²) < 4.78 is 5.13. The lowest BCUT2D eigenvalue weighted by Gasteiger charge is -2.12. The number of urea groups is 1. The Labute approximate surface area is 191 Å². The molecule has 1 aliphatic rings. The van der Waals surface area contributed by atoms with Crippen LogP contribution in [0, 0.1) is 0 Å². The maximum absolute atomic E-state index is 12.3. The van der Waals surface area contributed by atoms with E-state index in [0.717, 1.165) is 23.3 Å². The molecule has 2 aromatic rings. The second kappa shape index (κ2) is 11.0. The number of benzene rings is 2. The molecule has 2 aromatic carbocycles. The Morgan fingerprint density at radius 1 is 0.970 bits per heavy atom. The van der Waals surface area contributed by atoms with E-state index in [1.165, 1.54) is 19.1 Å². The van der Waals surface area contributed by atoms with Crippen LogP contribution < -0.4 is 10.6 Å². The van der Waals surface area contributed by atoms with Crippen LogP contribution in [0.1, 0.15) is 45.2 Å². The van der Waals surface area contributed by atoms with Crippen LogP contribution in [-0.2, 0) is 27.3 Å². The van der Waals surface area contributed by atoms with Gasteiger partial charge in [0.2, 0.25) is 11.8 Å². The second-order valence-corrected chi connectivity index (χ2v) is 7.62.